The van der Waals surface area contributed by atoms with E-state index in [-0.39, 0.29) is 29.6 Å². The van der Waals surface area contributed by atoms with Crippen molar-refractivity contribution in [3.8, 4) is 0 Å². The third-order valence-corrected chi connectivity index (χ3v) is 3.64. The van der Waals surface area contributed by atoms with Gasteiger partial charge in [0, 0.05) is 5.92 Å². The highest BCUT2D eigenvalue weighted by molar-refractivity contribution is 5.70. The molecule has 2 aromatic rings. The maximum Gasteiger partial charge on any atom is 0.280 e. The Morgan fingerprint density at radius 2 is 2.35 bits per heavy atom. The van der Waals surface area contributed by atoms with Gasteiger partial charge in [0.15, 0.2) is 17.4 Å². The molecule has 9 nitrogen and oxygen atoms in total. The van der Waals surface area contributed by atoms with Crippen molar-refractivity contribution >= 4 is 17.1 Å². The number of rotatable bonds is 2. The number of hydrogen-bond acceptors (Lipinski definition) is 7. The summed E-state index contributed by atoms with van der Waals surface area (Å²) in [6.07, 6.45) is -0.716. The van der Waals surface area contributed by atoms with Crippen molar-refractivity contribution in [1.82, 2.24) is 19.5 Å². The van der Waals surface area contributed by atoms with Crippen LogP contribution in [-0.2, 0) is 4.74 Å². The monoisotopic (exact) mass is 281 g/mol. The molecule has 0 aliphatic carbocycles. The molecule has 1 aliphatic heterocycles. The lowest BCUT2D eigenvalue weighted by atomic mass is 10.0. The zero-order chi connectivity index (χ0) is 14.4. The maximum absolute atomic E-state index is 11.7. The van der Waals surface area contributed by atoms with E-state index in [1.807, 2.05) is 0 Å². The molecular formula is C11H15N5O4. The molecule has 9 heteroatoms. The molecular weight excluding hydrogens is 266 g/mol. The number of H-pyrrole nitrogens is 1. The normalized spacial score (nSPS) is 30.1. The molecule has 3 rings (SSSR count). The number of nitrogens with zero attached hydrogens (tertiary/aromatic N) is 3. The van der Waals surface area contributed by atoms with Crippen molar-refractivity contribution in [3.05, 3.63) is 16.7 Å². The minimum Gasteiger partial charge on any atom is -0.394 e. The molecule has 1 fully saturated rings. The number of aromatic amines is 1. The molecule has 0 aromatic carbocycles. The van der Waals surface area contributed by atoms with Gasteiger partial charge in [0.25, 0.3) is 5.56 Å². The van der Waals surface area contributed by atoms with Crippen molar-refractivity contribution in [2.24, 2.45) is 5.92 Å². The second-order valence-corrected chi connectivity index (χ2v) is 4.87. The molecule has 0 amide bonds. The SMILES string of the molecule is C[C@H]1[C@@H](O)[C@H](n2cnc3c(=O)[nH]c(N)nc32)O[C@@H]1CO. The van der Waals surface area contributed by atoms with E-state index < -0.39 is 24.0 Å². The van der Waals surface area contributed by atoms with Crippen LogP contribution in [0.25, 0.3) is 11.2 Å². The minimum absolute atomic E-state index is 0.0384. The molecule has 108 valence electrons. The lowest BCUT2D eigenvalue weighted by Gasteiger charge is -2.16. The number of hydrogen-bond donors (Lipinski definition) is 4. The molecule has 4 atom stereocenters. The van der Waals surface area contributed by atoms with Gasteiger partial charge < -0.3 is 20.7 Å². The van der Waals surface area contributed by atoms with Gasteiger partial charge in [0.05, 0.1) is 19.0 Å². The van der Waals surface area contributed by atoms with Gasteiger partial charge in [0.1, 0.15) is 6.10 Å². The van der Waals surface area contributed by atoms with Gasteiger partial charge in [-0.1, -0.05) is 6.92 Å². The molecule has 1 saturated heterocycles. The average molecular weight is 281 g/mol. The highest BCUT2D eigenvalue weighted by Crippen LogP contribution is 2.34. The number of nitrogens with two attached hydrogens (primary N) is 1. The zero-order valence-corrected chi connectivity index (χ0v) is 10.7. The fourth-order valence-electron chi connectivity index (χ4n) is 2.43. The predicted molar refractivity (Wildman–Crippen MR) is 68.7 cm³/mol. The summed E-state index contributed by atoms with van der Waals surface area (Å²) in [6.45, 7) is 1.58. The molecule has 1 aliphatic rings. The van der Waals surface area contributed by atoms with Crippen LogP contribution in [0.1, 0.15) is 13.2 Å². The first-order valence-corrected chi connectivity index (χ1v) is 6.19. The first-order chi connectivity index (χ1) is 9.52. The molecule has 0 bridgehead atoms. The Bertz CT molecular complexity index is 696. The fourth-order valence-corrected chi connectivity index (χ4v) is 2.43. The Balaban J connectivity index is 2.09. The summed E-state index contributed by atoms with van der Waals surface area (Å²) in [5, 5.41) is 19.4. The van der Waals surface area contributed by atoms with E-state index in [0.717, 1.165) is 0 Å². The lowest BCUT2D eigenvalue weighted by Crippen LogP contribution is -2.25. The third kappa shape index (κ3) is 1.79. The molecule has 3 heterocycles. The first kappa shape index (κ1) is 13.0. The predicted octanol–water partition coefficient (Wildman–Crippen LogP) is -1.41. The Kier molecular flexibility index (Phi) is 2.96. The smallest absolute Gasteiger partial charge is 0.280 e. The summed E-state index contributed by atoms with van der Waals surface area (Å²) in [4.78, 5) is 22.0. The highest BCUT2D eigenvalue weighted by Gasteiger charge is 2.42. The Hall–Kier alpha value is -1.97. The van der Waals surface area contributed by atoms with E-state index in [1.165, 1.54) is 10.9 Å². The van der Waals surface area contributed by atoms with Gasteiger partial charge in [-0.3, -0.25) is 14.3 Å². The van der Waals surface area contributed by atoms with Crippen molar-refractivity contribution in [2.45, 2.75) is 25.4 Å². The molecule has 0 saturated carbocycles. The van der Waals surface area contributed by atoms with Crippen molar-refractivity contribution in [1.29, 1.82) is 0 Å². The molecule has 2 aromatic heterocycles. The van der Waals surface area contributed by atoms with Crippen LogP contribution in [0.4, 0.5) is 5.95 Å². The van der Waals surface area contributed by atoms with Crippen molar-refractivity contribution < 1.29 is 14.9 Å². The number of aliphatic hydroxyl groups is 2. The summed E-state index contributed by atoms with van der Waals surface area (Å²) >= 11 is 0. The van der Waals surface area contributed by atoms with E-state index in [0.29, 0.717) is 0 Å². The molecule has 0 spiro atoms. The van der Waals surface area contributed by atoms with Crippen LogP contribution in [0.3, 0.4) is 0 Å². The van der Waals surface area contributed by atoms with Crippen LogP contribution >= 0.6 is 0 Å². The molecule has 0 radical (unpaired) electrons. The minimum atomic E-state index is -0.841. The maximum atomic E-state index is 11.7. The largest absolute Gasteiger partial charge is 0.394 e. The van der Waals surface area contributed by atoms with Gasteiger partial charge in [-0.05, 0) is 0 Å². The Morgan fingerprint density at radius 3 is 3.00 bits per heavy atom. The second kappa shape index (κ2) is 4.54. The Labute approximate surface area is 113 Å². The standard InChI is InChI=1S/C11H15N5O4/c1-4-5(2-17)20-10(7(4)18)16-3-13-6-8(16)14-11(12)15-9(6)19/h3-5,7,10,17-18H,2H2,1H3,(H3,12,14,15,19)/t4-,5-,7-,10-/m1/s1. The number of aliphatic hydroxyl groups excluding tert-OH is 2. The topological polar surface area (TPSA) is 139 Å². The number of ether oxygens (including phenoxy) is 1. The van der Waals surface area contributed by atoms with E-state index in [2.05, 4.69) is 15.0 Å². The third-order valence-electron chi connectivity index (χ3n) is 3.64. The Morgan fingerprint density at radius 1 is 1.60 bits per heavy atom. The average Bonchev–Trinajstić information content (AvgIpc) is 2.93. The number of nitrogens with one attached hydrogen (secondary N) is 1. The van der Waals surface area contributed by atoms with E-state index in [1.54, 1.807) is 6.92 Å². The number of anilines is 1. The van der Waals surface area contributed by atoms with Gasteiger partial charge in [-0.25, -0.2) is 4.98 Å². The van der Waals surface area contributed by atoms with Crippen molar-refractivity contribution in [3.63, 3.8) is 0 Å². The summed E-state index contributed by atoms with van der Waals surface area (Å²) in [5.74, 6) is -0.287. The molecule has 5 N–H and O–H groups in total. The number of nitrogen functional groups attached to an aromatic ring is 1. The van der Waals surface area contributed by atoms with Crippen molar-refractivity contribution in [2.75, 3.05) is 12.3 Å². The van der Waals surface area contributed by atoms with Crippen LogP contribution in [0.5, 0.6) is 0 Å². The number of aromatic nitrogens is 4. The number of imidazole rings is 1. The van der Waals surface area contributed by atoms with Gasteiger partial charge in [-0.2, -0.15) is 4.98 Å². The quantitative estimate of drug-likeness (QED) is 0.530. The summed E-state index contributed by atoms with van der Waals surface area (Å²) in [7, 11) is 0. The summed E-state index contributed by atoms with van der Waals surface area (Å²) < 4.78 is 7.05. The highest BCUT2D eigenvalue weighted by atomic mass is 16.5. The number of fused-ring (bicyclic) bond motifs is 1. The van der Waals surface area contributed by atoms with Gasteiger partial charge >= 0.3 is 0 Å². The summed E-state index contributed by atoms with van der Waals surface area (Å²) in [5.41, 5.74) is 5.42. The fraction of sp³-hybridized carbons (Fsp3) is 0.545. The zero-order valence-electron chi connectivity index (χ0n) is 10.7. The van der Waals surface area contributed by atoms with Gasteiger partial charge in [-0.15, -0.1) is 0 Å². The van der Waals surface area contributed by atoms with Crippen LogP contribution in [0.2, 0.25) is 0 Å². The molecule has 0 unspecified atom stereocenters. The van der Waals surface area contributed by atoms with Gasteiger partial charge in [0.2, 0.25) is 5.95 Å². The van der Waals surface area contributed by atoms with Crippen LogP contribution in [-0.4, -0.2) is 48.5 Å². The van der Waals surface area contributed by atoms with Crippen LogP contribution < -0.4 is 11.3 Å². The summed E-state index contributed by atoms with van der Waals surface area (Å²) in [6, 6.07) is 0. The van der Waals surface area contributed by atoms with E-state index in [4.69, 9.17) is 10.5 Å². The first-order valence-electron chi connectivity index (χ1n) is 6.19. The van der Waals surface area contributed by atoms with Crippen LogP contribution in [0, 0.1) is 5.92 Å². The lowest BCUT2D eigenvalue weighted by molar-refractivity contribution is -0.0491. The van der Waals surface area contributed by atoms with Crippen LogP contribution in [0.15, 0.2) is 11.1 Å². The molecule has 20 heavy (non-hydrogen) atoms. The second-order valence-electron chi connectivity index (χ2n) is 4.87. The van der Waals surface area contributed by atoms with E-state index >= 15 is 0 Å². The van der Waals surface area contributed by atoms with E-state index in [9.17, 15) is 15.0 Å².